The molecule has 0 bridgehead atoms. The fraction of sp³-hybridized carbons (Fsp3) is 0.941. The van der Waals surface area contributed by atoms with E-state index in [1.165, 1.54) is 186 Å². The molecule has 6 fully saturated rings. The van der Waals surface area contributed by atoms with Crippen LogP contribution in [0.2, 0.25) is 0 Å². The Kier molecular flexibility index (Phi) is 57.6. The van der Waals surface area contributed by atoms with Gasteiger partial charge in [-0.1, -0.05) is 243 Å². The molecule has 0 aromatic heterocycles. The number of esters is 3. The van der Waals surface area contributed by atoms with Crippen LogP contribution in [0.25, 0.3) is 0 Å². The Morgan fingerprint density at radius 3 is 0.649 bits per heavy atom. The van der Waals surface area contributed by atoms with E-state index in [0.717, 1.165) is 177 Å². The van der Waals surface area contributed by atoms with Crippen LogP contribution in [0.1, 0.15) is 474 Å². The molecular weight excluding hydrogens is 1410 g/mol. The number of hydrogen-bond donors (Lipinski definition) is 3. The number of nitrogens with one attached hydrogen (secondary N) is 3. The second-order valence-electron chi connectivity index (χ2n) is 44.5. The second kappa shape index (κ2) is 60.3. The molecule has 114 heavy (non-hydrogen) atoms. The molecule has 12 nitrogen and oxygen atoms in total. The first-order chi connectivity index (χ1) is 53.5. The van der Waals surface area contributed by atoms with Crippen LogP contribution >= 0.6 is 0 Å². The summed E-state index contributed by atoms with van der Waals surface area (Å²) in [4.78, 5) is 71.8. The molecule has 3 N–H and O–H groups in total. The average Bonchev–Trinajstić information content (AvgIpc) is 0.901. The molecule has 0 atom stereocenters. The van der Waals surface area contributed by atoms with Crippen LogP contribution in [0, 0.1) is 104 Å². The van der Waals surface area contributed by atoms with Crippen molar-refractivity contribution in [1.82, 2.24) is 16.0 Å². The largest absolute Gasteiger partial charge is 0.465 e. The molecule has 0 spiro atoms. The lowest BCUT2D eigenvalue weighted by Crippen LogP contribution is -2.34. The Bertz CT molecular complexity index is 2250. The van der Waals surface area contributed by atoms with Crippen molar-refractivity contribution in [2.75, 3.05) is 39.5 Å². The van der Waals surface area contributed by atoms with Gasteiger partial charge in [0, 0.05) is 37.4 Å². The number of rotatable bonds is 36. The fourth-order valence-corrected chi connectivity index (χ4v) is 19.1. The summed E-state index contributed by atoms with van der Waals surface area (Å²) in [7, 11) is 0. The zero-order chi connectivity index (χ0) is 85.8. The van der Waals surface area contributed by atoms with Gasteiger partial charge in [-0.15, -0.1) is 0 Å². The quantitative estimate of drug-likeness (QED) is 0.0314. The Morgan fingerprint density at radius 2 is 0.412 bits per heavy atom. The summed E-state index contributed by atoms with van der Waals surface area (Å²) in [5, 5.41) is 9.29. The third kappa shape index (κ3) is 58.7. The van der Waals surface area contributed by atoms with Crippen molar-refractivity contribution in [2.24, 2.45) is 104 Å². The molecular formula is C102H195N3O9. The fourth-order valence-electron chi connectivity index (χ4n) is 19.1. The molecule has 3 amide bonds. The van der Waals surface area contributed by atoms with E-state index < -0.39 is 0 Å². The van der Waals surface area contributed by atoms with Gasteiger partial charge in [-0.05, 0) is 299 Å². The van der Waals surface area contributed by atoms with Crippen LogP contribution in [-0.2, 0) is 43.0 Å². The van der Waals surface area contributed by atoms with Crippen LogP contribution in [0.15, 0.2) is 0 Å². The molecule has 0 aromatic rings. The summed E-state index contributed by atoms with van der Waals surface area (Å²) in [6.45, 7) is 59.0. The van der Waals surface area contributed by atoms with Crippen molar-refractivity contribution in [2.45, 2.75) is 474 Å². The van der Waals surface area contributed by atoms with Gasteiger partial charge in [0.15, 0.2) is 0 Å². The standard InChI is InChI=1S/C19H37NO.C19H36O2.C17H33NO.C17H32O2.C15H29NO.C15H28O2/c1-5-6-7-8-9-14-20-18(21)17-12-10-16(11-13-17)15-19(2,3)4;1-5-6-7-8-9-14-21-18(20)17-12-10-16(11-13-17)15-19(2,3)4;1-5-6-7-12-18-16(19)15-10-8-14(9-11-15)13-17(2,3)4;1-5-6-7-12-19-16(18)15-10-8-14(9-11-15)13-17(2,3)4;1-5-10-16-14(17)13-8-6-12(7-9-13)11-15(2,3)4;1-5-10-17-14(16)13-8-6-12(7-9-13)11-15(2,3)4/h16-17H,5-15H2,1-4H3,(H,20,21);16-17H,5-15H2,1-4H3;14-15H,5-13H2,1-4H3,(H,18,19);14-15H,5-13H2,1-4H3;12-13H,5-11H2,1-4H3,(H,16,17);12-13H,5-11H2,1-4H3. The van der Waals surface area contributed by atoms with Gasteiger partial charge in [0.2, 0.25) is 17.7 Å². The van der Waals surface area contributed by atoms with Gasteiger partial charge in [-0.25, -0.2) is 0 Å². The first-order valence-electron chi connectivity index (χ1n) is 48.9. The van der Waals surface area contributed by atoms with Gasteiger partial charge < -0.3 is 30.2 Å². The summed E-state index contributed by atoms with van der Waals surface area (Å²) in [5.41, 5.74) is 2.54. The van der Waals surface area contributed by atoms with Crippen LogP contribution < -0.4 is 16.0 Å². The van der Waals surface area contributed by atoms with E-state index in [4.69, 9.17) is 14.2 Å². The van der Waals surface area contributed by atoms with Gasteiger partial charge in [0.25, 0.3) is 0 Å². The third-order valence-electron chi connectivity index (χ3n) is 24.7. The van der Waals surface area contributed by atoms with Crippen LogP contribution in [0.4, 0.5) is 0 Å². The van der Waals surface area contributed by atoms with Crippen molar-refractivity contribution < 1.29 is 43.0 Å². The van der Waals surface area contributed by atoms with Crippen molar-refractivity contribution in [3.05, 3.63) is 0 Å². The number of ether oxygens (including phenoxy) is 3. The van der Waals surface area contributed by atoms with Crippen LogP contribution in [-0.4, -0.2) is 75.1 Å². The summed E-state index contributed by atoms with van der Waals surface area (Å²) in [6.07, 6.45) is 56.4. The van der Waals surface area contributed by atoms with Crippen molar-refractivity contribution >= 4 is 35.6 Å². The molecule has 6 saturated carbocycles. The summed E-state index contributed by atoms with van der Waals surface area (Å²) < 4.78 is 16.1. The lowest BCUT2D eigenvalue weighted by Gasteiger charge is -2.32. The van der Waals surface area contributed by atoms with E-state index in [0.29, 0.717) is 70.0 Å². The number of carbonyl (C=O) groups excluding carboxylic acids is 6. The first-order valence-corrected chi connectivity index (χ1v) is 48.9. The highest BCUT2D eigenvalue weighted by Gasteiger charge is 2.35. The van der Waals surface area contributed by atoms with E-state index in [9.17, 15) is 28.8 Å². The molecule has 0 heterocycles. The highest BCUT2D eigenvalue weighted by Crippen LogP contribution is 2.43. The molecule has 0 radical (unpaired) electrons. The molecule has 6 aliphatic carbocycles. The van der Waals surface area contributed by atoms with E-state index in [1.54, 1.807) is 0 Å². The van der Waals surface area contributed by atoms with E-state index >= 15 is 0 Å². The summed E-state index contributed by atoms with van der Waals surface area (Å²) in [5.74, 6) is 7.44. The van der Waals surface area contributed by atoms with Gasteiger partial charge in [-0.2, -0.15) is 0 Å². The lowest BCUT2D eigenvalue weighted by molar-refractivity contribution is -0.151. The van der Waals surface area contributed by atoms with E-state index in [1.807, 2.05) is 6.92 Å². The SMILES string of the molecule is CCCCCCCNC(=O)C1CCC(CC(C)(C)C)CC1.CCCCCCCOC(=O)C1CCC(CC(C)(C)C)CC1.CCCCCNC(=O)C1CCC(CC(C)(C)C)CC1.CCCCCOC(=O)C1CCC(CC(C)(C)C)CC1.CCCNC(=O)C1CCC(CC(C)(C)C)CC1.CCCOC(=O)C1CCC(CC(C)(C)C)CC1. The van der Waals surface area contributed by atoms with Crippen molar-refractivity contribution in [3.8, 4) is 0 Å². The summed E-state index contributed by atoms with van der Waals surface area (Å²) in [6, 6.07) is 0. The summed E-state index contributed by atoms with van der Waals surface area (Å²) >= 11 is 0. The van der Waals surface area contributed by atoms with Crippen molar-refractivity contribution in [3.63, 3.8) is 0 Å². The van der Waals surface area contributed by atoms with Crippen LogP contribution in [0.3, 0.4) is 0 Å². The van der Waals surface area contributed by atoms with E-state index in [2.05, 4.69) is 175 Å². The Hall–Kier alpha value is -3.18. The van der Waals surface area contributed by atoms with Crippen molar-refractivity contribution in [1.29, 1.82) is 0 Å². The number of unbranched alkanes of at least 4 members (excludes halogenated alkanes) is 12. The Balaban J connectivity index is 0.000000685. The van der Waals surface area contributed by atoms with E-state index in [-0.39, 0.29) is 53.4 Å². The van der Waals surface area contributed by atoms with Gasteiger partial charge in [0.05, 0.1) is 37.6 Å². The zero-order valence-corrected chi connectivity index (χ0v) is 80.3. The molecule has 0 unspecified atom stereocenters. The minimum absolute atomic E-state index is 0.0426. The Morgan fingerprint density at radius 1 is 0.219 bits per heavy atom. The molecule has 672 valence electrons. The molecule has 0 saturated heterocycles. The van der Waals surface area contributed by atoms with Crippen LogP contribution in [0.5, 0.6) is 0 Å². The predicted octanol–water partition coefficient (Wildman–Crippen LogP) is 28.5. The number of amides is 3. The maximum absolute atomic E-state index is 12.2. The minimum atomic E-state index is 0.0426. The molecule has 12 heteroatoms. The smallest absolute Gasteiger partial charge is 0.308 e. The highest BCUT2D eigenvalue weighted by atomic mass is 16.5. The monoisotopic (exact) mass is 1610 g/mol. The average molecular weight is 1610 g/mol. The van der Waals surface area contributed by atoms with Gasteiger partial charge >= 0.3 is 17.9 Å². The highest BCUT2D eigenvalue weighted by molar-refractivity contribution is 5.79. The maximum atomic E-state index is 12.2. The third-order valence-corrected chi connectivity index (χ3v) is 24.7. The molecule has 0 aromatic carbocycles. The number of carbonyl (C=O) groups is 6. The normalized spacial score (nSPS) is 24.2. The topological polar surface area (TPSA) is 166 Å². The second-order valence-corrected chi connectivity index (χ2v) is 44.5. The zero-order valence-electron chi connectivity index (χ0n) is 80.3. The molecule has 6 rings (SSSR count). The molecule has 6 aliphatic rings. The Labute approximate surface area is 708 Å². The maximum Gasteiger partial charge on any atom is 0.308 e. The number of hydrogen-bond acceptors (Lipinski definition) is 9. The predicted molar refractivity (Wildman–Crippen MR) is 486 cm³/mol. The van der Waals surface area contributed by atoms with Gasteiger partial charge in [-0.3, -0.25) is 28.8 Å². The van der Waals surface area contributed by atoms with Gasteiger partial charge in [0.1, 0.15) is 0 Å². The lowest BCUT2D eigenvalue weighted by atomic mass is 9.74. The molecule has 0 aliphatic heterocycles. The first kappa shape index (κ1) is 109. The minimum Gasteiger partial charge on any atom is -0.465 e.